The van der Waals surface area contributed by atoms with E-state index < -0.39 is 11.9 Å². The highest BCUT2D eigenvalue weighted by Crippen LogP contribution is 2.18. The van der Waals surface area contributed by atoms with Gasteiger partial charge >= 0.3 is 0 Å². The van der Waals surface area contributed by atoms with E-state index in [4.69, 9.17) is 5.73 Å². The third kappa shape index (κ3) is 3.53. The number of carbonyl (C=O) groups excluding carboxylic acids is 2. The largest absolute Gasteiger partial charge is 0.368 e. The lowest BCUT2D eigenvalue weighted by Gasteiger charge is -2.16. The number of hydrogen-bond donors (Lipinski definition) is 2. The maximum absolute atomic E-state index is 12.8. The SMILES string of the molecule is NC(=O)[C@H](Cc1cnc2ccccc2n1)NC(=O)c1cccc2ccccc12. The number of nitrogens with two attached hydrogens (primary N) is 1. The number of carbonyl (C=O) groups is 2. The monoisotopic (exact) mass is 370 g/mol. The number of nitrogens with one attached hydrogen (secondary N) is 1. The molecule has 4 rings (SSSR count). The minimum absolute atomic E-state index is 0.170. The molecule has 3 aromatic carbocycles. The minimum Gasteiger partial charge on any atom is -0.368 e. The maximum atomic E-state index is 12.8. The van der Waals surface area contributed by atoms with Gasteiger partial charge in [0.15, 0.2) is 0 Å². The quantitative estimate of drug-likeness (QED) is 0.564. The molecule has 6 heteroatoms. The molecule has 4 aromatic rings. The number of benzene rings is 3. The zero-order chi connectivity index (χ0) is 19.5. The molecule has 6 nitrogen and oxygen atoms in total. The number of aromatic nitrogens is 2. The van der Waals surface area contributed by atoms with Crippen LogP contribution in [0.2, 0.25) is 0 Å². The fourth-order valence-electron chi connectivity index (χ4n) is 3.19. The van der Waals surface area contributed by atoms with Crippen LogP contribution in [0.3, 0.4) is 0 Å². The average Bonchev–Trinajstić information content (AvgIpc) is 2.72. The van der Waals surface area contributed by atoms with Gasteiger partial charge in [0.25, 0.3) is 5.91 Å². The Morgan fingerprint density at radius 2 is 1.64 bits per heavy atom. The second kappa shape index (κ2) is 7.44. The zero-order valence-electron chi connectivity index (χ0n) is 15.0. The number of fused-ring (bicyclic) bond motifs is 2. The molecule has 1 heterocycles. The van der Waals surface area contributed by atoms with Gasteiger partial charge in [0.05, 0.1) is 16.7 Å². The van der Waals surface area contributed by atoms with Crippen LogP contribution in [0, 0.1) is 0 Å². The van der Waals surface area contributed by atoms with E-state index in [9.17, 15) is 9.59 Å². The molecule has 0 aliphatic carbocycles. The van der Waals surface area contributed by atoms with Crippen LogP contribution in [0.4, 0.5) is 0 Å². The van der Waals surface area contributed by atoms with Crippen molar-refractivity contribution < 1.29 is 9.59 Å². The van der Waals surface area contributed by atoms with Crippen molar-refractivity contribution in [1.29, 1.82) is 0 Å². The predicted molar refractivity (Wildman–Crippen MR) is 108 cm³/mol. The Hall–Kier alpha value is -3.80. The molecule has 0 radical (unpaired) electrons. The van der Waals surface area contributed by atoms with Gasteiger partial charge in [0.2, 0.25) is 5.91 Å². The average molecular weight is 370 g/mol. The number of hydrogen-bond acceptors (Lipinski definition) is 4. The summed E-state index contributed by atoms with van der Waals surface area (Å²) >= 11 is 0. The molecular weight excluding hydrogens is 352 g/mol. The van der Waals surface area contributed by atoms with Crippen LogP contribution < -0.4 is 11.1 Å². The highest BCUT2D eigenvalue weighted by atomic mass is 16.2. The van der Waals surface area contributed by atoms with Gasteiger partial charge in [0, 0.05) is 18.2 Å². The molecule has 0 saturated heterocycles. The summed E-state index contributed by atoms with van der Waals surface area (Å²) in [6.45, 7) is 0. The third-order valence-electron chi connectivity index (χ3n) is 4.59. The standard InChI is InChI=1S/C22H18N4O2/c23-21(27)20(12-15-13-24-18-10-3-4-11-19(18)25-15)26-22(28)17-9-5-7-14-6-1-2-8-16(14)17/h1-11,13,20H,12H2,(H2,23,27)(H,26,28)/t20-/m0/s1. The van der Waals surface area contributed by atoms with E-state index in [0.717, 1.165) is 21.8 Å². The number of nitrogens with zero attached hydrogens (tertiary/aromatic N) is 2. The van der Waals surface area contributed by atoms with Crippen molar-refractivity contribution in [3.05, 3.63) is 84.2 Å². The third-order valence-corrected chi connectivity index (χ3v) is 4.59. The van der Waals surface area contributed by atoms with E-state index in [1.807, 2.05) is 60.7 Å². The van der Waals surface area contributed by atoms with Crippen molar-refractivity contribution in [2.45, 2.75) is 12.5 Å². The van der Waals surface area contributed by atoms with Gasteiger partial charge in [-0.1, -0.05) is 48.5 Å². The summed E-state index contributed by atoms with van der Waals surface area (Å²) in [6.07, 6.45) is 1.77. The molecule has 0 spiro atoms. The lowest BCUT2D eigenvalue weighted by Crippen LogP contribution is -2.46. The summed E-state index contributed by atoms with van der Waals surface area (Å²) in [5.74, 6) is -0.974. The fourth-order valence-corrected chi connectivity index (χ4v) is 3.19. The zero-order valence-corrected chi connectivity index (χ0v) is 15.0. The molecule has 0 fully saturated rings. The van der Waals surface area contributed by atoms with E-state index in [1.165, 1.54) is 0 Å². The molecule has 0 bridgehead atoms. The Kier molecular flexibility index (Phi) is 4.68. The molecule has 28 heavy (non-hydrogen) atoms. The van der Waals surface area contributed by atoms with E-state index in [2.05, 4.69) is 15.3 Å². The van der Waals surface area contributed by atoms with Crippen LogP contribution in [0.15, 0.2) is 72.9 Å². The Morgan fingerprint density at radius 3 is 2.46 bits per heavy atom. The van der Waals surface area contributed by atoms with Crippen LogP contribution in [-0.4, -0.2) is 27.8 Å². The van der Waals surface area contributed by atoms with Crippen LogP contribution in [-0.2, 0) is 11.2 Å². The normalized spacial score (nSPS) is 12.0. The summed E-state index contributed by atoms with van der Waals surface area (Å²) in [4.78, 5) is 33.6. The number of amides is 2. The molecule has 0 saturated carbocycles. The number of rotatable bonds is 5. The van der Waals surface area contributed by atoms with Gasteiger partial charge in [0.1, 0.15) is 6.04 Å². The first-order chi connectivity index (χ1) is 13.6. The number of para-hydroxylation sites is 2. The molecule has 0 aliphatic rings. The van der Waals surface area contributed by atoms with Crippen LogP contribution in [0.25, 0.3) is 21.8 Å². The Balaban J connectivity index is 1.59. The predicted octanol–water partition coefficient (Wildman–Crippen LogP) is 2.61. The molecule has 0 aliphatic heterocycles. The van der Waals surface area contributed by atoms with Crippen LogP contribution in [0.1, 0.15) is 16.1 Å². The van der Waals surface area contributed by atoms with Crippen molar-refractivity contribution in [3.63, 3.8) is 0 Å². The lowest BCUT2D eigenvalue weighted by atomic mass is 10.0. The van der Waals surface area contributed by atoms with Gasteiger partial charge in [-0.25, -0.2) is 4.98 Å². The second-order valence-electron chi connectivity index (χ2n) is 6.51. The van der Waals surface area contributed by atoms with Crippen molar-refractivity contribution in [2.75, 3.05) is 0 Å². The van der Waals surface area contributed by atoms with Crippen molar-refractivity contribution >= 4 is 33.6 Å². The Labute approximate surface area is 161 Å². The minimum atomic E-state index is -0.887. The van der Waals surface area contributed by atoms with Crippen LogP contribution >= 0.6 is 0 Å². The molecular formula is C22H18N4O2. The van der Waals surface area contributed by atoms with Gasteiger partial charge in [-0.2, -0.15) is 0 Å². The second-order valence-corrected chi connectivity index (χ2v) is 6.51. The molecule has 1 atom stereocenters. The lowest BCUT2D eigenvalue weighted by molar-refractivity contribution is -0.119. The summed E-state index contributed by atoms with van der Waals surface area (Å²) < 4.78 is 0. The van der Waals surface area contributed by atoms with E-state index in [1.54, 1.807) is 12.3 Å². The van der Waals surface area contributed by atoms with E-state index in [-0.39, 0.29) is 12.3 Å². The molecule has 0 unspecified atom stereocenters. The van der Waals surface area contributed by atoms with Gasteiger partial charge in [-0.3, -0.25) is 14.6 Å². The van der Waals surface area contributed by atoms with Gasteiger partial charge in [-0.15, -0.1) is 0 Å². The van der Waals surface area contributed by atoms with E-state index >= 15 is 0 Å². The molecule has 138 valence electrons. The van der Waals surface area contributed by atoms with Gasteiger partial charge < -0.3 is 11.1 Å². The first-order valence-electron chi connectivity index (χ1n) is 8.90. The van der Waals surface area contributed by atoms with Crippen LogP contribution in [0.5, 0.6) is 0 Å². The Morgan fingerprint density at radius 1 is 0.929 bits per heavy atom. The summed E-state index contributed by atoms with van der Waals surface area (Å²) in [5.41, 5.74) is 8.10. The topological polar surface area (TPSA) is 98.0 Å². The van der Waals surface area contributed by atoms with Gasteiger partial charge in [-0.05, 0) is 29.0 Å². The highest BCUT2D eigenvalue weighted by molar-refractivity contribution is 6.08. The van der Waals surface area contributed by atoms with Crippen molar-refractivity contribution in [3.8, 4) is 0 Å². The summed E-state index contributed by atoms with van der Waals surface area (Å²) in [6, 6.07) is 19.6. The van der Waals surface area contributed by atoms with E-state index in [0.29, 0.717) is 11.3 Å². The molecule has 1 aromatic heterocycles. The highest BCUT2D eigenvalue weighted by Gasteiger charge is 2.21. The number of primary amides is 1. The maximum Gasteiger partial charge on any atom is 0.252 e. The first-order valence-corrected chi connectivity index (χ1v) is 8.90. The summed E-state index contributed by atoms with van der Waals surface area (Å²) in [7, 11) is 0. The summed E-state index contributed by atoms with van der Waals surface area (Å²) in [5, 5.41) is 4.51. The fraction of sp³-hybridized carbons (Fsp3) is 0.0909. The first kappa shape index (κ1) is 17.6. The molecule has 2 amide bonds. The Bertz CT molecular complexity index is 1180. The van der Waals surface area contributed by atoms with Crippen molar-refractivity contribution in [1.82, 2.24) is 15.3 Å². The smallest absolute Gasteiger partial charge is 0.252 e. The molecule has 3 N–H and O–H groups in total. The van der Waals surface area contributed by atoms with Crippen molar-refractivity contribution in [2.24, 2.45) is 5.73 Å².